The van der Waals surface area contributed by atoms with Gasteiger partial charge in [-0.1, -0.05) is 45.0 Å². The van der Waals surface area contributed by atoms with Crippen molar-refractivity contribution >= 4 is 0 Å². The third kappa shape index (κ3) is 4.01. The molecule has 2 rings (SSSR count). The fourth-order valence-electron chi connectivity index (χ4n) is 2.68. The average molecular weight is 312 g/mol. The lowest BCUT2D eigenvalue weighted by Gasteiger charge is -2.23. The summed E-state index contributed by atoms with van der Waals surface area (Å²) in [6, 6.07) is 11.1. The SMILES string of the molecule is C=CC(C)(C)Cc1cc(CC)ccc1-c1cc(OC)ccc1F. The highest BCUT2D eigenvalue weighted by atomic mass is 19.1. The number of ether oxygens (including phenoxy) is 1. The summed E-state index contributed by atoms with van der Waals surface area (Å²) >= 11 is 0. The Morgan fingerprint density at radius 3 is 2.48 bits per heavy atom. The van der Waals surface area contributed by atoms with Gasteiger partial charge in [-0.2, -0.15) is 0 Å². The van der Waals surface area contributed by atoms with E-state index in [1.165, 1.54) is 11.6 Å². The van der Waals surface area contributed by atoms with E-state index in [1.54, 1.807) is 19.2 Å². The molecule has 0 aromatic heterocycles. The van der Waals surface area contributed by atoms with Gasteiger partial charge < -0.3 is 4.74 Å². The predicted molar refractivity (Wildman–Crippen MR) is 95.4 cm³/mol. The molecule has 1 nitrogen and oxygen atoms in total. The third-order valence-electron chi connectivity index (χ3n) is 4.24. The number of aryl methyl sites for hydroxylation is 1. The molecule has 0 bridgehead atoms. The molecule has 0 saturated carbocycles. The van der Waals surface area contributed by atoms with Gasteiger partial charge in [0.2, 0.25) is 0 Å². The maximum Gasteiger partial charge on any atom is 0.131 e. The van der Waals surface area contributed by atoms with Gasteiger partial charge in [0.1, 0.15) is 11.6 Å². The molecular formula is C21H25FO. The Labute approximate surface area is 138 Å². The molecule has 0 aliphatic heterocycles. The van der Waals surface area contributed by atoms with Crippen LogP contribution in [0, 0.1) is 11.2 Å². The zero-order valence-corrected chi connectivity index (χ0v) is 14.4. The lowest BCUT2D eigenvalue weighted by Crippen LogP contribution is -2.12. The van der Waals surface area contributed by atoms with Gasteiger partial charge in [0.15, 0.2) is 0 Å². The molecule has 0 aliphatic rings. The molecule has 0 amide bonds. The maximum absolute atomic E-state index is 14.4. The Bertz CT molecular complexity index is 701. The first-order chi connectivity index (χ1) is 10.9. The van der Waals surface area contributed by atoms with Gasteiger partial charge in [-0.25, -0.2) is 4.39 Å². The van der Waals surface area contributed by atoms with E-state index in [9.17, 15) is 4.39 Å². The Kier molecular flexibility index (Phi) is 5.25. The molecule has 0 saturated heterocycles. The number of allylic oxidation sites excluding steroid dienone is 1. The van der Waals surface area contributed by atoms with Crippen LogP contribution in [-0.2, 0) is 12.8 Å². The van der Waals surface area contributed by atoms with Crippen LogP contribution in [0.25, 0.3) is 11.1 Å². The van der Waals surface area contributed by atoms with Gasteiger partial charge in [-0.05, 0) is 53.1 Å². The molecule has 0 unspecified atom stereocenters. The lowest BCUT2D eigenvalue weighted by atomic mass is 9.82. The van der Waals surface area contributed by atoms with Crippen LogP contribution in [0.1, 0.15) is 31.9 Å². The van der Waals surface area contributed by atoms with E-state index < -0.39 is 0 Å². The molecular weight excluding hydrogens is 287 g/mol. The number of methoxy groups -OCH3 is 1. The predicted octanol–water partition coefficient (Wildman–Crippen LogP) is 5.82. The molecule has 0 aliphatic carbocycles. The number of hydrogen-bond acceptors (Lipinski definition) is 1. The standard InChI is InChI=1S/C21H25FO/c1-6-15-8-10-18(16(12-15)14-21(3,4)7-2)19-13-17(23-5)9-11-20(19)22/h7-13H,2,6,14H2,1,3-5H3. The molecule has 122 valence electrons. The highest BCUT2D eigenvalue weighted by molar-refractivity contribution is 5.70. The first-order valence-electron chi connectivity index (χ1n) is 7.99. The molecule has 0 N–H and O–H groups in total. The average Bonchev–Trinajstić information content (AvgIpc) is 2.55. The number of hydrogen-bond donors (Lipinski definition) is 0. The molecule has 23 heavy (non-hydrogen) atoms. The molecule has 0 heterocycles. The summed E-state index contributed by atoms with van der Waals surface area (Å²) in [5, 5.41) is 0. The monoisotopic (exact) mass is 312 g/mol. The van der Waals surface area contributed by atoms with E-state index in [2.05, 4.69) is 39.5 Å². The molecule has 2 aromatic rings. The van der Waals surface area contributed by atoms with Crippen LogP contribution in [0.4, 0.5) is 4.39 Å². The van der Waals surface area contributed by atoms with Crippen LogP contribution < -0.4 is 4.74 Å². The number of benzene rings is 2. The largest absolute Gasteiger partial charge is 0.497 e. The molecule has 0 radical (unpaired) electrons. The zero-order chi connectivity index (χ0) is 17.0. The van der Waals surface area contributed by atoms with Crippen LogP contribution in [0.5, 0.6) is 5.75 Å². The number of rotatable bonds is 6. The highest BCUT2D eigenvalue weighted by Gasteiger charge is 2.19. The van der Waals surface area contributed by atoms with E-state index in [0.29, 0.717) is 11.3 Å². The van der Waals surface area contributed by atoms with Crippen molar-refractivity contribution in [3.8, 4) is 16.9 Å². The van der Waals surface area contributed by atoms with Crippen LogP contribution in [0.15, 0.2) is 49.1 Å². The Hall–Kier alpha value is -2.09. The summed E-state index contributed by atoms with van der Waals surface area (Å²) in [6.07, 6.45) is 3.73. The smallest absolute Gasteiger partial charge is 0.131 e. The van der Waals surface area contributed by atoms with Crippen LogP contribution >= 0.6 is 0 Å². The van der Waals surface area contributed by atoms with Crippen molar-refractivity contribution in [2.45, 2.75) is 33.6 Å². The summed E-state index contributed by atoms with van der Waals surface area (Å²) in [5.41, 5.74) is 3.86. The first kappa shape index (κ1) is 17.3. The van der Waals surface area contributed by atoms with Crippen molar-refractivity contribution in [2.75, 3.05) is 7.11 Å². The highest BCUT2D eigenvalue weighted by Crippen LogP contribution is 2.34. The first-order valence-corrected chi connectivity index (χ1v) is 7.99. The van der Waals surface area contributed by atoms with Gasteiger partial charge in [0, 0.05) is 5.56 Å². The molecule has 2 aromatic carbocycles. The van der Waals surface area contributed by atoms with Gasteiger partial charge in [0.05, 0.1) is 7.11 Å². The molecule has 0 fully saturated rings. The summed E-state index contributed by atoms with van der Waals surface area (Å²) in [6.45, 7) is 10.3. The van der Waals surface area contributed by atoms with Crippen LogP contribution in [0.3, 0.4) is 0 Å². The summed E-state index contributed by atoms with van der Waals surface area (Å²) < 4.78 is 19.6. The van der Waals surface area contributed by atoms with E-state index in [0.717, 1.165) is 24.0 Å². The second kappa shape index (κ2) is 6.99. The van der Waals surface area contributed by atoms with Gasteiger partial charge in [-0.3, -0.25) is 0 Å². The topological polar surface area (TPSA) is 9.23 Å². The van der Waals surface area contributed by atoms with Gasteiger partial charge >= 0.3 is 0 Å². The van der Waals surface area contributed by atoms with E-state index in [4.69, 9.17) is 4.74 Å². The molecule has 2 heteroatoms. The van der Waals surface area contributed by atoms with E-state index in [1.807, 2.05) is 12.1 Å². The van der Waals surface area contributed by atoms with E-state index >= 15 is 0 Å². The van der Waals surface area contributed by atoms with Crippen molar-refractivity contribution < 1.29 is 9.13 Å². The minimum absolute atomic E-state index is 0.0452. The molecule has 0 spiro atoms. The van der Waals surface area contributed by atoms with Crippen molar-refractivity contribution in [3.63, 3.8) is 0 Å². The Morgan fingerprint density at radius 1 is 1.13 bits per heavy atom. The zero-order valence-electron chi connectivity index (χ0n) is 14.4. The van der Waals surface area contributed by atoms with Crippen molar-refractivity contribution in [3.05, 3.63) is 66.0 Å². The number of halogens is 1. The summed E-state index contributed by atoms with van der Waals surface area (Å²) in [4.78, 5) is 0. The molecule has 0 atom stereocenters. The van der Waals surface area contributed by atoms with Crippen molar-refractivity contribution in [1.82, 2.24) is 0 Å². The Balaban J connectivity index is 2.59. The summed E-state index contributed by atoms with van der Waals surface area (Å²) in [7, 11) is 1.60. The third-order valence-corrected chi connectivity index (χ3v) is 4.24. The Morgan fingerprint density at radius 2 is 1.87 bits per heavy atom. The van der Waals surface area contributed by atoms with Crippen molar-refractivity contribution in [1.29, 1.82) is 0 Å². The summed E-state index contributed by atoms with van der Waals surface area (Å²) in [5.74, 6) is 0.433. The minimum atomic E-state index is -0.229. The van der Waals surface area contributed by atoms with Gasteiger partial charge in [-0.15, -0.1) is 6.58 Å². The second-order valence-electron chi connectivity index (χ2n) is 6.56. The second-order valence-corrected chi connectivity index (χ2v) is 6.56. The van der Waals surface area contributed by atoms with Gasteiger partial charge in [0.25, 0.3) is 0 Å². The quantitative estimate of drug-likeness (QED) is 0.611. The van der Waals surface area contributed by atoms with E-state index in [-0.39, 0.29) is 11.2 Å². The normalized spacial score (nSPS) is 11.3. The van der Waals surface area contributed by atoms with Crippen LogP contribution in [0.2, 0.25) is 0 Å². The van der Waals surface area contributed by atoms with Crippen LogP contribution in [-0.4, -0.2) is 7.11 Å². The fourth-order valence-corrected chi connectivity index (χ4v) is 2.68. The minimum Gasteiger partial charge on any atom is -0.497 e. The fraction of sp³-hybridized carbons (Fsp3) is 0.333. The lowest BCUT2D eigenvalue weighted by molar-refractivity contribution is 0.414. The maximum atomic E-state index is 14.4. The van der Waals surface area contributed by atoms with Crippen molar-refractivity contribution in [2.24, 2.45) is 5.41 Å².